The Morgan fingerprint density at radius 2 is 2.05 bits per heavy atom. The van der Waals surface area contributed by atoms with Crippen LogP contribution in [0.1, 0.15) is 44.9 Å². The van der Waals surface area contributed by atoms with Crippen LogP contribution in [0.25, 0.3) is 11.0 Å². The van der Waals surface area contributed by atoms with Crippen molar-refractivity contribution in [3.05, 3.63) is 29.0 Å². The molecule has 3 rings (SSSR count). The van der Waals surface area contributed by atoms with E-state index in [1.54, 1.807) is 0 Å². The molecule has 1 aliphatic carbocycles. The van der Waals surface area contributed by atoms with Gasteiger partial charge in [-0.05, 0) is 31.9 Å². The Bertz CT molecular complexity index is 611. The van der Waals surface area contributed by atoms with Gasteiger partial charge in [-0.25, -0.2) is 4.98 Å². The van der Waals surface area contributed by atoms with E-state index < -0.39 is 0 Å². The van der Waals surface area contributed by atoms with Gasteiger partial charge in [0.2, 0.25) is 0 Å². The number of halogens is 1. The van der Waals surface area contributed by atoms with Gasteiger partial charge in [-0.2, -0.15) is 0 Å². The molecule has 3 nitrogen and oxygen atoms in total. The number of rotatable bonds is 3. The lowest BCUT2D eigenvalue weighted by Crippen LogP contribution is -2.39. The van der Waals surface area contributed by atoms with Crippen LogP contribution < -0.4 is 5.73 Å². The second-order valence-electron chi connectivity index (χ2n) is 5.83. The third-order valence-corrected chi connectivity index (χ3v) is 5.01. The van der Waals surface area contributed by atoms with Crippen LogP contribution in [0.5, 0.6) is 0 Å². The van der Waals surface area contributed by atoms with E-state index in [0.717, 1.165) is 41.3 Å². The van der Waals surface area contributed by atoms with Gasteiger partial charge in [0.25, 0.3) is 0 Å². The summed E-state index contributed by atoms with van der Waals surface area (Å²) in [7, 11) is 0. The van der Waals surface area contributed by atoms with Crippen LogP contribution in [0.4, 0.5) is 0 Å². The minimum atomic E-state index is 0.0383. The molecule has 0 atom stereocenters. The van der Waals surface area contributed by atoms with Gasteiger partial charge in [-0.1, -0.05) is 36.9 Å². The lowest BCUT2D eigenvalue weighted by atomic mass is 9.73. The highest BCUT2D eigenvalue weighted by Crippen LogP contribution is 2.40. The molecule has 1 heterocycles. The Balaban J connectivity index is 2.22. The average Bonchev–Trinajstić information content (AvgIpc) is 2.88. The van der Waals surface area contributed by atoms with Crippen molar-refractivity contribution in [2.45, 2.75) is 51.0 Å². The Morgan fingerprint density at radius 1 is 1.30 bits per heavy atom. The number of imidazole rings is 1. The second-order valence-corrected chi connectivity index (χ2v) is 6.24. The number of hydrogen-bond acceptors (Lipinski definition) is 2. The van der Waals surface area contributed by atoms with Crippen molar-refractivity contribution in [1.29, 1.82) is 0 Å². The molecule has 0 amide bonds. The molecule has 1 aliphatic rings. The second kappa shape index (κ2) is 5.38. The SMILES string of the molecule is CCn1c(C2(CN)CCCCC2)nc2cccc(Cl)c21. The maximum Gasteiger partial charge on any atom is 0.117 e. The minimum Gasteiger partial charge on any atom is -0.329 e. The molecule has 2 aromatic rings. The van der Waals surface area contributed by atoms with Gasteiger partial charge >= 0.3 is 0 Å². The molecule has 1 aromatic heterocycles. The van der Waals surface area contributed by atoms with E-state index in [-0.39, 0.29) is 5.41 Å². The smallest absolute Gasteiger partial charge is 0.117 e. The standard InChI is InChI=1S/C16H22ClN3/c1-2-20-14-12(17)7-6-8-13(14)19-15(20)16(11-18)9-4-3-5-10-16/h6-8H,2-5,9-11,18H2,1H3. The van der Waals surface area contributed by atoms with E-state index >= 15 is 0 Å². The number of aromatic nitrogens is 2. The topological polar surface area (TPSA) is 43.8 Å². The van der Waals surface area contributed by atoms with Crippen molar-refractivity contribution in [1.82, 2.24) is 9.55 Å². The third-order valence-electron chi connectivity index (χ3n) is 4.71. The molecule has 0 spiro atoms. The first kappa shape index (κ1) is 13.9. The summed E-state index contributed by atoms with van der Waals surface area (Å²) in [6.45, 7) is 3.71. The molecule has 0 saturated heterocycles. The molecule has 20 heavy (non-hydrogen) atoms. The van der Waals surface area contributed by atoms with Crippen LogP contribution >= 0.6 is 11.6 Å². The van der Waals surface area contributed by atoms with E-state index in [4.69, 9.17) is 22.3 Å². The van der Waals surface area contributed by atoms with Crippen LogP contribution in [0.3, 0.4) is 0 Å². The van der Waals surface area contributed by atoms with Gasteiger partial charge in [0.1, 0.15) is 5.82 Å². The summed E-state index contributed by atoms with van der Waals surface area (Å²) in [5.41, 5.74) is 8.26. The maximum absolute atomic E-state index is 6.39. The van der Waals surface area contributed by atoms with Crippen LogP contribution in [-0.2, 0) is 12.0 Å². The quantitative estimate of drug-likeness (QED) is 0.933. The summed E-state index contributed by atoms with van der Waals surface area (Å²) in [5, 5.41) is 0.783. The Labute approximate surface area is 125 Å². The van der Waals surface area contributed by atoms with Crippen LogP contribution in [0.2, 0.25) is 5.02 Å². The highest BCUT2D eigenvalue weighted by atomic mass is 35.5. The largest absolute Gasteiger partial charge is 0.329 e. The van der Waals surface area contributed by atoms with Crippen molar-refractivity contribution < 1.29 is 0 Å². The molecule has 4 heteroatoms. The molecule has 0 unspecified atom stereocenters. The third kappa shape index (κ3) is 2.04. The predicted octanol–water partition coefficient (Wildman–Crippen LogP) is 3.87. The van der Waals surface area contributed by atoms with E-state index in [1.165, 1.54) is 19.3 Å². The van der Waals surface area contributed by atoms with Crippen molar-refractivity contribution in [3.63, 3.8) is 0 Å². The summed E-state index contributed by atoms with van der Waals surface area (Å²) >= 11 is 6.39. The number of para-hydroxylation sites is 1. The van der Waals surface area contributed by atoms with Crippen molar-refractivity contribution in [2.24, 2.45) is 5.73 Å². The molecule has 0 aliphatic heterocycles. The van der Waals surface area contributed by atoms with E-state index in [9.17, 15) is 0 Å². The van der Waals surface area contributed by atoms with E-state index in [0.29, 0.717) is 6.54 Å². The number of nitrogens with two attached hydrogens (primary N) is 1. The number of aryl methyl sites for hydroxylation is 1. The summed E-state index contributed by atoms with van der Waals surface area (Å²) < 4.78 is 2.27. The number of nitrogens with zero attached hydrogens (tertiary/aromatic N) is 2. The Hall–Kier alpha value is -1.06. The van der Waals surface area contributed by atoms with E-state index in [1.807, 2.05) is 18.2 Å². The van der Waals surface area contributed by atoms with Crippen LogP contribution in [0, 0.1) is 0 Å². The van der Waals surface area contributed by atoms with E-state index in [2.05, 4.69) is 11.5 Å². The zero-order chi connectivity index (χ0) is 14.2. The number of fused-ring (bicyclic) bond motifs is 1. The molecule has 1 aromatic carbocycles. The highest BCUT2D eigenvalue weighted by Gasteiger charge is 2.37. The van der Waals surface area contributed by atoms with Gasteiger partial charge in [0, 0.05) is 18.5 Å². The molecular weight excluding hydrogens is 270 g/mol. The zero-order valence-electron chi connectivity index (χ0n) is 12.0. The molecule has 0 radical (unpaired) electrons. The van der Waals surface area contributed by atoms with Crippen molar-refractivity contribution in [3.8, 4) is 0 Å². The van der Waals surface area contributed by atoms with Gasteiger partial charge in [0.05, 0.1) is 16.1 Å². The van der Waals surface area contributed by atoms with Crippen molar-refractivity contribution in [2.75, 3.05) is 6.54 Å². The van der Waals surface area contributed by atoms with Gasteiger partial charge in [0.15, 0.2) is 0 Å². The fraction of sp³-hybridized carbons (Fsp3) is 0.562. The monoisotopic (exact) mass is 291 g/mol. The molecular formula is C16H22ClN3. The first-order valence-corrected chi connectivity index (χ1v) is 7.95. The molecule has 1 saturated carbocycles. The normalized spacial score (nSPS) is 18.6. The summed E-state index contributed by atoms with van der Waals surface area (Å²) in [6.07, 6.45) is 6.10. The fourth-order valence-electron chi connectivity index (χ4n) is 3.60. The van der Waals surface area contributed by atoms with Gasteiger partial charge in [-0.3, -0.25) is 0 Å². The van der Waals surface area contributed by atoms with Crippen molar-refractivity contribution >= 4 is 22.6 Å². The first-order chi connectivity index (χ1) is 9.72. The molecule has 0 bridgehead atoms. The lowest BCUT2D eigenvalue weighted by molar-refractivity contribution is 0.278. The lowest BCUT2D eigenvalue weighted by Gasteiger charge is -2.35. The zero-order valence-corrected chi connectivity index (χ0v) is 12.8. The Kier molecular flexibility index (Phi) is 3.74. The summed E-state index contributed by atoms with van der Waals surface area (Å²) in [6, 6.07) is 5.96. The van der Waals surface area contributed by atoms with Gasteiger partial charge in [-0.15, -0.1) is 0 Å². The van der Waals surface area contributed by atoms with Gasteiger partial charge < -0.3 is 10.3 Å². The first-order valence-electron chi connectivity index (χ1n) is 7.57. The predicted molar refractivity (Wildman–Crippen MR) is 84.2 cm³/mol. The molecule has 1 fully saturated rings. The Morgan fingerprint density at radius 3 is 2.70 bits per heavy atom. The van der Waals surface area contributed by atoms with Crippen LogP contribution in [-0.4, -0.2) is 16.1 Å². The highest BCUT2D eigenvalue weighted by molar-refractivity contribution is 6.35. The maximum atomic E-state index is 6.39. The average molecular weight is 292 g/mol. The molecule has 108 valence electrons. The fourth-order valence-corrected chi connectivity index (χ4v) is 3.87. The number of benzene rings is 1. The summed E-state index contributed by atoms with van der Waals surface area (Å²) in [5.74, 6) is 1.14. The van der Waals surface area contributed by atoms with Crippen LogP contribution in [0.15, 0.2) is 18.2 Å². The molecule has 2 N–H and O–H groups in total. The summed E-state index contributed by atoms with van der Waals surface area (Å²) in [4.78, 5) is 4.91. The number of hydrogen-bond donors (Lipinski definition) is 1. The minimum absolute atomic E-state index is 0.0383.